The van der Waals surface area contributed by atoms with Crippen LogP contribution in [0, 0.1) is 6.92 Å². The highest BCUT2D eigenvalue weighted by Gasteiger charge is 2.31. The summed E-state index contributed by atoms with van der Waals surface area (Å²) in [4.78, 5) is 2.68. The largest absolute Gasteiger partial charge is 0.312 e. The van der Waals surface area contributed by atoms with Crippen molar-refractivity contribution in [1.82, 2.24) is 20.0 Å². The summed E-state index contributed by atoms with van der Waals surface area (Å²) >= 11 is 0. The van der Waals surface area contributed by atoms with Gasteiger partial charge in [0.15, 0.2) is 0 Å². The fourth-order valence-corrected chi connectivity index (χ4v) is 3.38. The molecule has 1 N–H and O–H groups in total. The highest BCUT2D eigenvalue weighted by Crippen LogP contribution is 2.26. The molecule has 2 fully saturated rings. The zero-order valence-corrected chi connectivity index (χ0v) is 11.3. The Morgan fingerprint density at radius 2 is 2.33 bits per heavy atom. The first kappa shape index (κ1) is 12.2. The molecule has 3 heterocycles. The Hall–Kier alpha value is -0.870. The van der Waals surface area contributed by atoms with Gasteiger partial charge in [-0.3, -0.25) is 4.68 Å². The second kappa shape index (κ2) is 5.41. The van der Waals surface area contributed by atoms with E-state index in [0.29, 0.717) is 0 Å². The minimum Gasteiger partial charge on any atom is -0.312 e. The lowest BCUT2D eigenvalue weighted by Crippen LogP contribution is -2.46. The second-order valence-electron chi connectivity index (χ2n) is 5.79. The average Bonchev–Trinajstić information content (AvgIpc) is 2.97. The molecule has 2 unspecified atom stereocenters. The predicted molar refractivity (Wildman–Crippen MR) is 72.6 cm³/mol. The standard InChI is InChI=1S/C14H24N4/c1-12-10-16-18(11-12)8-5-15-13-4-7-17-6-2-3-14(17)9-13/h10-11,13-15H,2-9H2,1H3. The predicted octanol–water partition coefficient (Wildman–Crippen LogP) is 1.41. The number of hydrogen-bond donors (Lipinski definition) is 1. The Balaban J connectivity index is 1.41. The van der Waals surface area contributed by atoms with Gasteiger partial charge in [0.2, 0.25) is 0 Å². The van der Waals surface area contributed by atoms with Crippen LogP contribution in [-0.2, 0) is 6.54 Å². The molecule has 1 aromatic rings. The van der Waals surface area contributed by atoms with Gasteiger partial charge < -0.3 is 10.2 Å². The third-order valence-corrected chi connectivity index (χ3v) is 4.36. The minimum atomic E-state index is 0.723. The molecule has 0 saturated carbocycles. The molecule has 0 bridgehead atoms. The Kier molecular flexibility index (Phi) is 3.66. The molecule has 100 valence electrons. The summed E-state index contributed by atoms with van der Waals surface area (Å²) in [6, 6.07) is 1.59. The van der Waals surface area contributed by atoms with Crippen LogP contribution in [0.25, 0.3) is 0 Å². The van der Waals surface area contributed by atoms with Gasteiger partial charge in [-0.2, -0.15) is 5.10 Å². The van der Waals surface area contributed by atoms with Crippen LogP contribution in [0.5, 0.6) is 0 Å². The van der Waals surface area contributed by atoms with Gasteiger partial charge in [0.05, 0.1) is 12.7 Å². The van der Waals surface area contributed by atoms with Gasteiger partial charge in [0, 0.05) is 24.8 Å². The maximum absolute atomic E-state index is 4.32. The molecule has 0 spiro atoms. The summed E-state index contributed by atoms with van der Waals surface area (Å²) in [5.41, 5.74) is 1.24. The number of hydrogen-bond acceptors (Lipinski definition) is 3. The molecule has 4 heteroatoms. The fraction of sp³-hybridized carbons (Fsp3) is 0.786. The highest BCUT2D eigenvalue weighted by atomic mass is 15.3. The summed E-state index contributed by atoms with van der Waals surface area (Å²) in [5.74, 6) is 0. The SMILES string of the molecule is Cc1cnn(CCNC2CCN3CCCC3C2)c1. The lowest BCUT2D eigenvalue weighted by Gasteiger charge is -2.35. The van der Waals surface area contributed by atoms with Crippen molar-refractivity contribution in [1.29, 1.82) is 0 Å². The van der Waals surface area contributed by atoms with Crippen molar-refractivity contribution in [3.63, 3.8) is 0 Å². The van der Waals surface area contributed by atoms with Gasteiger partial charge in [-0.25, -0.2) is 0 Å². The zero-order valence-electron chi connectivity index (χ0n) is 11.3. The molecule has 3 rings (SSSR count). The molecule has 2 saturated heterocycles. The zero-order chi connectivity index (χ0) is 12.4. The minimum absolute atomic E-state index is 0.723. The average molecular weight is 248 g/mol. The lowest BCUT2D eigenvalue weighted by atomic mass is 9.98. The molecule has 2 aliphatic rings. The molecule has 0 radical (unpaired) electrons. The van der Waals surface area contributed by atoms with E-state index in [1.54, 1.807) is 0 Å². The van der Waals surface area contributed by atoms with Crippen LogP contribution in [0.15, 0.2) is 12.4 Å². The van der Waals surface area contributed by atoms with E-state index in [0.717, 1.165) is 25.2 Å². The van der Waals surface area contributed by atoms with Crippen molar-refractivity contribution in [3.05, 3.63) is 18.0 Å². The molecular weight excluding hydrogens is 224 g/mol. The second-order valence-corrected chi connectivity index (χ2v) is 5.79. The van der Waals surface area contributed by atoms with E-state index >= 15 is 0 Å². The Morgan fingerprint density at radius 3 is 3.17 bits per heavy atom. The van der Waals surface area contributed by atoms with E-state index in [-0.39, 0.29) is 0 Å². The molecule has 0 aliphatic carbocycles. The van der Waals surface area contributed by atoms with Crippen molar-refractivity contribution >= 4 is 0 Å². The van der Waals surface area contributed by atoms with E-state index in [4.69, 9.17) is 0 Å². The van der Waals surface area contributed by atoms with Gasteiger partial charge in [-0.1, -0.05) is 0 Å². The van der Waals surface area contributed by atoms with Crippen LogP contribution in [0.2, 0.25) is 0 Å². The topological polar surface area (TPSA) is 33.1 Å². The number of nitrogens with zero attached hydrogens (tertiary/aromatic N) is 3. The quantitative estimate of drug-likeness (QED) is 0.874. The maximum Gasteiger partial charge on any atom is 0.0534 e. The number of aryl methyl sites for hydroxylation is 1. The number of aromatic nitrogens is 2. The third kappa shape index (κ3) is 2.75. The van der Waals surface area contributed by atoms with Crippen LogP contribution in [0.1, 0.15) is 31.2 Å². The van der Waals surface area contributed by atoms with E-state index in [1.807, 2.05) is 10.9 Å². The van der Waals surface area contributed by atoms with Crippen molar-refractivity contribution in [3.8, 4) is 0 Å². The lowest BCUT2D eigenvalue weighted by molar-refractivity contribution is 0.166. The van der Waals surface area contributed by atoms with E-state index in [2.05, 4.69) is 28.4 Å². The van der Waals surface area contributed by atoms with E-state index < -0.39 is 0 Å². The molecule has 0 amide bonds. The van der Waals surface area contributed by atoms with Crippen LogP contribution >= 0.6 is 0 Å². The van der Waals surface area contributed by atoms with Gasteiger partial charge in [0.25, 0.3) is 0 Å². The first-order valence-electron chi connectivity index (χ1n) is 7.28. The maximum atomic E-state index is 4.32. The Labute approximate surface area is 109 Å². The van der Waals surface area contributed by atoms with Crippen LogP contribution < -0.4 is 5.32 Å². The van der Waals surface area contributed by atoms with Crippen molar-refractivity contribution < 1.29 is 0 Å². The Bertz CT molecular complexity index is 387. The summed E-state index contributed by atoms with van der Waals surface area (Å²) in [6.45, 7) is 6.75. The van der Waals surface area contributed by atoms with Crippen LogP contribution in [0.3, 0.4) is 0 Å². The molecule has 18 heavy (non-hydrogen) atoms. The Morgan fingerprint density at radius 1 is 1.39 bits per heavy atom. The van der Waals surface area contributed by atoms with Crippen molar-refractivity contribution in [2.75, 3.05) is 19.6 Å². The van der Waals surface area contributed by atoms with Crippen LogP contribution in [-0.4, -0.2) is 46.4 Å². The number of rotatable bonds is 4. The summed E-state index contributed by atoms with van der Waals surface area (Å²) in [7, 11) is 0. The monoisotopic (exact) mass is 248 g/mol. The van der Waals surface area contributed by atoms with E-state index in [1.165, 1.54) is 44.3 Å². The van der Waals surface area contributed by atoms with E-state index in [9.17, 15) is 0 Å². The summed E-state index contributed by atoms with van der Waals surface area (Å²) in [5, 5.41) is 8.02. The van der Waals surface area contributed by atoms with Gasteiger partial charge in [-0.15, -0.1) is 0 Å². The normalized spacial score (nSPS) is 28.5. The molecule has 1 aromatic heterocycles. The summed E-state index contributed by atoms with van der Waals surface area (Å²) < 4.78 is 2.03. The van der Waals surface area contributed by atoms with Crippen LogP contribution in [0.4, 0.5) is 0 Å². The smallest absolute Gasteiger partial charge is 0.0534 e. The fourth-order valence-electron chi connectivity index (χ4n) is 3.38. The van der Waals surface area contributed by atoms with Gasteiger partial charge in [0.1, 0.15) is 0 Å². The van der Waals surface area contributed by atoms with Gasteiger partial charge >= 0.3 is 0 Å². The first-order valence-corrected chi connectivity index (χ1v) is 7.28. The van der Waals surface area contributed by atoms with Gasteiger partial charge in [-0.05, 0) is 51.3 Å². The number of fused-ring (bicyclic) bond motifs is 1. The third-order valence-electron chi connectivity index (χ3n) is 4.36. The summed E-state index contributed by atoms with van der Waals surface area (Å²) in [6.07, 6.45) is 9.52. The molecule has 0 aromatic carbocycles. The van der Waals surface area contributed by atoms with Crippen molar-refractivity contribution in [2.45, 2.75) is 51.2 Å². The first-order chi connectivity index (χ1) is 8.81. The number of piperidine rings is 1. The molecular formula is C14H24N4. The van der Waals surface area contributed by atoms with Crippen molar-refractivity contribution in [2.24, 2.45) is 0 Å². The molecule has 2 atom stereocenters. The highest BCUT2D eigenvalue weighted by molar-refractivity contribution is 4.99. The molecule has 2 aliphatic heterocycles. The molecule has 4 nitrogen and oxygen atoms in total. The number of nitrogens with one attached hydrogen (secondary N) is 1.